The second kappa shape index (κ2) is 7.83. The Labute approximate surface area is 128 Å². The largest absolute Gasteiger partial charge is 0.316 e. The lowest BCUT2D eigenvalue weighted by atomic mass is 9.93. The van der Waals surface area contributed by atoms with Crippen molar-refractivity contribution in [1.29, 1.82) is 0 Å². The van der Waals surface area contributed by atoms with E-state index in [2.05, 4.69) is 69.3 Å². The van der Waals surface area contributed by atoms with E-state index in [0.29, 0.717) is 5.92 Å². The summed E-state index contributed by atoms with van der Waals surface area (Å²) < 4.78 is 1.15. The van der Waals surface area contributed by atoms with E-state index in [9.17, 15) is 0 Å². The third kappa shape index (κ3) is 4.75. The molecule has 1 aromatic carbocycles. The van der Waals surface area contributed by atoms with Crippen LogP contribution in [0.4, 0.5) is 0 Å². The second-order valence-electron chi connectivity index (χ2n) is 4.73. The Bertz CT molecular complexity index is 464. The van der Waals surface area contributed by atoms with Gasteiger partial charge in [0.25, 0.3) is 0 Å². The van der Waals surface area contributed by atoms with Crippen LogP contribution in [-0.2, 0) is 6.42 Å². The summed E-state index contributed by atoms with van der Waals surface area (Å²) in [7, 11) is 0. The van der Waals surface area contributed by atoms with E-state index in [4.69, 9.17) is 0 Å². The van der Waals surface area contributed by atoms with E-state index in [0.717, 1.165) is 24.0 Å². The number of likely N-dealkylation sites (N-methyl/N-ethyl adjacent to an activating group) is 1. The average Bonchev–Trinajstić information content (AvgIpc) is 2.93. The number of hydrogen-bond acceptors (Lipinski definition) is 2. The van der Waals surface area contributed by atoms with E-state index >= 15 is 0 Å². The molecule has 0 radical (unpaired) electrons. The zero-order valence-electron chi connectivity index (χ0n) is 11.2. The first kappa shape index (κ1) is 14.8. The quantitative estimate of drug-likeness (QED) is 0.762. The lowest BCUT2D eigenvalue weighted by Crippen LogP contribution is -2.21. The maximum absolute atomic E-state index is 3.50. The number of halogens is 1. The molecule has 102 valence electrons. The third-order valence-corrected chi connectivity index (χ3v) is 4.60. The minimum Gasteiger partial charge on any atom is -0.316 e. The monoisotopic (exact) mass is 337 g/mol. The Balaban J connectivity index is 2.00. The Morgan fingerprint density at radius 1 is 1.21 bits per heavy atom. The Hall–Kier alpha value is -0.640. The van der Waals surface area contributed by atoms with E-state index in [1.807, 2.05) is 0 Å². The fourth-order valence-electron chi connectivity index (χ4n) is 2.22. The highest BCUT2D eigenvalue weighted by atomic mass is 79.9. The summed E-state index contributed by atoms with van der Waals surface area (Å²) in [4.78, 5) is 0. The van der Waals surface area contributed by atoms with Crippen LogP contribution in [0, 0.1) is 0 Å². The first-order valence-corrected chi connectivity index (χ1v) is 8.50. The van der Waals surface area contributed by atoms with Crippen LogP contribution >= 0.6 is 27.3 Å². The normalized spacial score (nSPS) is 12.5. The lowest BCUT2D eigenvalue weighted by molar-refractivity contribution is 0.562. The molecule has 1 nitrogen and oxygen atoms in total. The first-order valence-electron chi connectivity index (χ1n) is 6.77. The van der Waals surface area contributed by atoms with Gasteiger partial charge in [0, 0.05) is 11.0 Å². The third-order valence-electron chi connectivity index (χ3n) is 3.34. The average molecular weight is 338 g/mol. The molecule has 0 aliphatic heterocycles. The molecule has 19 heavy (non-hydrogen) atoms. The van der Waals surface area contributed by atoms with Gasteiger partial charge in [-0.1, -0.05) is 35.0 Å². The molecule has 2 aromatic rings. The number of rotatable bonds is 7. The summed E-state index contributed by atoms with van der Waals surface area (Å²) in [5, 5.41) is 7.90. The molecule has 0 spiro atoms. The molecule has 0 saturated heterocycles. The molecule has 0 bridgehead atoms. The Kier molecular flexibility index (Phi) is 6.08. The predicted octanol–water partition coefficient (Wildman–Crippen LogP) is 4.84. The van der Waals surface area contributed by atoms with Crippen LogP contribution in [0.3, 0.4) is 0 Å². The summed E-state index contributed by atoms with van der Waals surface area (Å²) in [6, 6.07) is 11.0. The summed E-state index contributed by atoms with van der Waals surface area (Å²) in [6.07, 6.45) is 2.36. The lowest BCUT2D eigenvalue weighted by Gasteiger charge is -2.17. The fraction of sp³-hybridized carbons (Fsp3) is 0.375. The number of thiophene rings is 1. The molecule has 0 fully saturated rings. The molecule has 1 heterocycles. The van der Waals surface area contributed by atoms with E-state index in [1.54, 1.807) is 11.3 Å². The number of nitrogens with one attached hydrogen (secondary N) is 1. The van der Waals surface area contributed by atoms with Crippen LogP contribution in [-0.4, -0.2) is 13.1 Å². The van der Waals surface area contributed by atoms with Gasteiger partial charge in [0.05, 0.1) is 0 Å². The maximum atomic E-state index is 3.50. The summed E-state index contributed by atoms with van der Waals surface area (Å²) in [5.41, 5.74) is 2.89. The second-order valence-corrected chi connectivity index (χ2v) is 6.42. The molecule has 0 amide bonds. The van der Waals surface area contributed by atoms with Crippen molar-refractivity contribution in [2.45, 2.75) is 25.7 Å². The Morgan fingerprint density at radius 3 is 2.63 bits per heavy atom. The van der Waals surface area contributed by atoms with Crippen molar-refractivity contribution < 1.29 is 0 Å². The first-order chi connectivity index (χ1) is 9.29. The smallest absolute Gasteiger partial charge is 0.0175 e. The van der Waals surface area contributed by atoms with Gasteiger partial charge in [-0.15, -0.1) is 0 Å². The van der Waals surface area contributed by atoms with Crippen LogP contribution in [0.1, 0.15) is 30.4 Å². The molecular formula is C16H20BrNS. The minimum absolute atomic E-state index is 0.591. The standard InChI is InChI=1S/C16H20BrNS/c1-2-18-11-15(4-3-13-9-10-19-12-13)14-5-7-16(17)8-6-14/h5-10,12,15,18H,2-4,11H2,1H3. The topological polar surface area (TPSA) is 12.0 Å². The Morgan fingerprint density at radius 2 is 2.00 bits per heavy atom. The minimum atomic E-state index is 0.591. The molecule has 1 aromatic heterocycles. The molecule has 0 aliphatic carbocycles. The van der Waals surface area contributed by atoms with Gasteiger partial charge in [0.2, 0.25) is 0 Å². The van der Waals surface area contributed by atoms with Gasteiger partial charge >= 0.3 is 0 Å². The summed E-state index contributed by atoms with van der Waals surface area (Å²) in [5.74, 6) is 0.591. The van der Waals surface area contributed by atoms with Crippen molar-refractivity contribution in [1.82, 2.24) is 5.32 Å². The molecule has 1 unspecified atom stereocenters. The van der Waals surface area contributed by atoms with Crippen LogP contribution in [0.5, 0.6) is 0 Å². The predicted molar refractivity (Wildman–Crippen MR) is 88.1 cm³/mol. The van der Waals surface area contributed by atoms with Crippen LogP contribution in [0.15, 0.2) is 45.6 Å². The van der Waals surface area contributed by atoms with Crippen molar-refractivity contribution in [2.24, 2.45) is 0 Å². The highest BCUT2D eigenvalue weighted by molar-refractivity contribution is 9.10. The molecular weight excluding hydrogens is 318 g/mol. The molecule has 2 rings (SSSR count). The van der Waals surface area contributed by atoms with Crippen LogP contribution < -0.4 is 5.32 Å². The van der Waals surface area contributed by atoms with E-state index < -0.39 is 0 Å². The van der Waals surface area contributed by atoms with Gasteiger partial charge in [-0.2, -0.15) is 11.3 Å². The molecule has 0 aliphatic rings. The number of hydrogen-bond donors (Lipinski definition) is 1. The SMILES string of the molecule is CCNCC(CCc1ccsc1)c1ccc(Br)cc1. The fourth-order valence-corrected chi connectivity index (χ4v) is 3.18. The van der Waals surface area contributed by atoms with Crippen molar-refractivity contribution in [3.05, 3.63) is 56.7 Å². The zero-order valence-corrected chi connectivity index (χ0v) is 13.6. The van der Waals surface area contributed by atoms with Gasteiger partial charge in [-0.3, -0.25) is 0 Å². The maximum Gasteiger partial charge on any atom is 0.0175 e. The zero-order chi connectivity index (χ0) is 13.5. The molecule has 3 heteroatoms. The number of aryl methyl sites for hydroxylation is 1. The molecule has 1 atom stereocenters. The van der Waals surface area contributed by atoms with Gasteiger partial charge < -0.3 is 5.32 Å². The highest BCUT2D eigenvalue weighted by Crippen LogP contribution is 2.23. The van der Waals surface area contributed by atoms with Gasteiger partial charge in [0.1, 0.15) is 0 Å². The molecule has 0 saturated carbocycles. The molecule has 1 N–H and O–H groups in total. The van der Waals surface area contributed by atoms with Gasteiger partial charge in [-0.05, 0) is 65.4 Å². The van der Waals surface area contributed by atoms with E-state index in [-0.39, 0.29) is 0 Å². The van der Waals surface area contributed by atoms with E-state index in [1.165, 1.54) is 17.5 Å². The van der Waals surface area contributed by atoms with Crippen molar-refractivity contribution in [3.8, 4) is 0 Å². The summed E-state index contributed by atoms with van der Waals surface area (Å²) in [6.45, 7) is 4.26. The van der Waals surface area contributed by atoms with Gasteiger partial charge in [0.15, 0.2) is 0 Å². The summed E-state index contributed by atoms with van der Waals surface area (Å²) >= 11 is 5.29. The number of benzene rings is 1. The highest BCUT2D eigenvalue weighted by Gasteiger charge is 2.11. The van der Waals surface area contributed by atoms with Crippen molar-refractivity contribution in [3.63, 3.8) is 0 Å². The van der Waals surface area contributed by atoms with Crippen molar-refractivity contribution >= 4 is 27.3 Å². The van der Waals surface area contributed by atoms with Crippen LogP contribution in [0.25, 0.3) is 0 Å². The van der Waals surface area contributed by atoms with Crippen LogP contribution in [0.2, 0.25) is 0 Å². The van der Waals surface area contributed by atoms with Crippen molar-refractivity contribution in [2.75, 3.05) is 13.1 Å². The van der Waals surface area contributed by atoms with Gasteiger partial charge in [-0.25, -0.2) is 0 Å².